The first-order valence-corrected chi connectivity index (χ1v) is 14.6. The molecule has 228 valence electrons. The van der Waals surface area contributed by atoms with Crippen LogP contribution < -0.4 is 4.74 Å². The van der Waals surface area contributed by atoms with Crippen LogP contribution in [0.3, 0.4) is 0 Å². The smallest absolute Gasteiger partial charge is 0.435 e. The van der Waals surface area contributed by atoms with E-state index in [0.717, 1.165) is 16.5 Å². The molecule has 0 aliphatic carbocycles. The number of nitrogens with zero attached hydrogens (tertiary/aromatic N) is 3. The fourth-order valence-corrected chi connectivity index (χ4v) is 5.98. The fraction of sp³-hybridized carbons (Fsp3) is 0.294. The zero-order valence-corrected chi connectivity index (χ0v) is 24.5. The van der Waals surface area contributed by atoms with Crippen molar-refractivity contribution in [1.29, 1.82) is 0 Å². The van der Waals surface area contributed by atoms with Crippen molar-refractivity contribution in [1.82, 2.24) is 14.3 Å². The van der Waals surface area contributed by atoms with Crippen LogP contribution in [0.5, 0.6) is 5.75 Å². The number of benzene rings is 3. The maximum absolute atomic E-state index is 14.4. The van der Waals surface area contributed by atoms with Gasteiger partial charge in [-0.05, 0) is 36.8 Å². The van der Waals surface area contributed by atoms with Gasteiger partial charge in [0.2, 0.25) is 0 Å². The number of ether oxygens (including phenoxy) is 3. The van der Waals surface area contributed by atoms with Crippen LogP contribution in [0.2, 0.25) is 0 Å². The number of esters is 1. The van der Waals surface area contributed by atoms with E-state index in [-0.39, 0.29) is 31.9 Å². The largest absolute Gasteiger partial charge is 0.493 e. The van der Waals surface area contributed by atoms with E-state index in [0.29, 0.717) is 52.9 Å². The number of fused-ring (bicyclic) bond motifs is 3. The normalized spacial score (nSPS) is 14.3. The van der Waals surface area contributed by atoms with Gasteiger partial charge in [0.05, 0.1) is 37.6 Å². The molecule has 0 spiro atoms. The molecule has 10 heteroatoms. The Balaban J connectivity index is 1.47. The molecule has 0 radical (unpaired) electrons. The Morgan fingerprint density at radius 3 is 2.61 bits per heavy atom. The number of rotatable bonds is 7. The third-order valence-corrected chi connectivity index (χ3v) is 7.85. The zero-order valence-electron chi connectivity index (χ0n) is 24.5. The van der Waals surface area contributed by atoms with E-state index >= 15 is 0 Å². The molecule has 44 heavy (non-hydrogen) atoms. The van der Waals surface area contributed by atoms with Crippen molar-refractivity contribution in [2.45, 2.75) is 39.1 Å². The number of carbonyl (C=O) groups is 1. The summed E-state index contributed by atoms with van der Waals surface area (Å²) in [6.45, 7) is 2.65. The van der Waals surface area contributed by atoms with Crippen molar-refractivity contribution in [2.24, 2.45) is 7.05 Å². The lowest BCUT2D eigenvalue weighted by Crippen LogP contribution is -2.15. The average Bonchev–Trinajstić information content (AvgIpc) is 3.50. The summed E-state index contributed by atoms with van der Waals surface area (Å²) in [7, 11) is 1.48. The molecule has 6 rings (SSSR count). The minimum atomic E-state index is -4.70. The molecule has 0 bridgehead atoms. The van der Waals surface area contributed by atoms with Crippen molar-refractivity contribution in [3.8, 4) is 16.9 Å². The second-order valence-corrected chi connectivity index (χ2v) is 10.6. The van der Waals surface area contributed by atoms with Gasteiger partial charge >= 0.3 is 12.1 Å². The molecule has 0 unspecified atom stereocenters. The van der Waals surface area contributed by atoms with E-state index in [4.69, 9.17) is 14.2 Å². The van der Waals surface area contributed by atoms with Crippen molar-refractivity contribution >= 4 is 27.6 Å². The molecule has 0 amide bonds. The Kier molecular flexibility index (Phi) is 8.18. The first kappa shape index (κ1) is 29.5. The first-order chi connectivity index (χ1) is 21.3. The predicted molar refractivity (Wildman–Crippen MR) is 162 cm³/mol. The highest BCUT2D eigenvalue weighted by molar-refractivity contribution is 6.05. The second kappa shape index (κ2) is 12.2. The molecule has 0 N–H and O–H groups in total. The molecular weight excluding hydrogens is 571 g/mol. The second-order valence-electron chi connectivity index (χ2n) is 10.6. The average molecular weight is 604 g/mol. The van der Waals surface area contributed by atoms with Crippen LogP contribution in [0.1, 0.15) is 40.8 Å². The number of allylic oxidation sites excluding steroid dienone is 1. The Labute approximate surface area is 252 Å². The molecule has 0 saturated heterocycles. The lowest BCUT2D eigenvalue weighted by atomic mass is 9.98. The summed E-state index contributed by atoms with van der Waals surface area (Å²) >= 11 is 0. The van der Waals surface area contributed by atoms with E-state index in [1.165, 1.54) is 11.7 Å². The monoisotopic (exact) mass is 603 g/mol. The highest BCUT2D eigenvalue weighted by Crippen LogP contribution is 2.43. The zero-order chi connectivity index (χ0) is 30.8. The third kappa shape index (κ3) is 5.45. The highest BCUT2D eigenvalue weighted by atomic mass is 19.4. The summed E-state index contributed by atoms with van der Waals surface area (Å²) in [5.74, 6) is 0.241. The number of aromatic nitrogens is 3. The van der Waals surface area contributed by atoms with Crippen LogP contribution in [-0.4, -0.2) is 40.1 Å². The number of para-hydroxylation sites is 1. The summed E-state index contributed by atoms with van der Waals surface area (Å²) in [6, 6.07) is 19.1. The lowest BCUT2D eigenvalue weighted by molar-refractivity contribution is -0.140. The lowest BCUT2D eigenvalue weighted by Gasteiger charge is -2.13. The molecule has 2 aromatic heterocycles. The molecule has 5 aromatic rings. The minimum absolute atomic E-state index is 0.0486. The Bertz CT molecular complexity index is 1860. The quantitative estimate of drug-likeness (QED) is 0.110. The number of alkyl halides is 3. The molecule has 0 fully saturated rings. The van der Waals surface area contributed by atoms with E-state index in [2.05, 4.69) is 5.10 Å². The SMILES string of the molecule is CCOC(=O)c1c(CCCOc2cccc3ccccc23)c2cccc3c2n1C/C=C\COCc1c-3c(C(F)(F)F)nn1C. The Hall–Kier alpha value is -4.57. The number of carbonyl (C=O) groups excluding carboxylic acids is 1. The molecule has 1 aliphatic rings. The van der Waals surface area contributed by atoms with Gasteiger partial charge in [-0.15, -0.1) is 0 Å². The van der Waals surface area contributed by atoms with Gasteiger partial charge in [-0.2, -0.15) is 18.3 Å². The van der Waals surface area contributed by atoms with E-state index in [1.54, 1.807) is 29.7 Å². The van der Waals surface area contributed by atoms with E-state index in [9.17, 15) is 18.0 Å². The van der Waals surface area contributed by atoms with Crippen LogP contribution in [0.25, 0.3) is 32.8 Å². The molecule has 7 nitrogen and oxygen atoms in total. The maximum Gasteiger partial charge on any atom is 0.435 e. The standard InChI is InChI=1S/C34H32F3N3O4/c1-3-43-33(41)31-25(16-10-20-44-28-17-8-12-22-11-4-5-13-23(22)28)24-14-9-15-26-29-27(39(2)38-32(29)34(35,36)37)21-42-19-7-6-18-40(31)30(24)26/h4-9,11-15,17H,3,10,16,18-21H2,1-2H3/b7-6-. The van der Waals surface area contributed by atoms with Crippen molar-refractivity contribution in [2.75, 3.05) is 19.8 Å². The van der Waals surface area contributed by atoms with Gasteiger partial charge in [-0.25, -0.2) is 4.79 Å². The summed E-state index contributed by atoms with van der Waals surface area (Å²) < 4.78 is 63.5. The summed E-state index contributed by atoms with van der Waals surface area (Å²) in [5, 5.41) is 6.64. The molecular formula is C34H32F3N3O4. The van der Waals surface area contributed by atoms with E-state index in [1.807, 2.05) is 54.6 Å². The van der Waals surface area contributed by atoms with Gasteiger partial charge in [-0.3, -0.25) is 4.68 Å². The Morgan fingerprint density at radius 2 is 1.80 bits per heavy atom. The molecule has 1 aliphatic heterocycles. The topological polar surface area (TPSA) is 67.5 Å². The van der Waals surface area contributed by atoms with Crippen molar-refractivity contribution < 1.29 is 32.2 Å². The van der Waals surface area contributed by atoms with Gasteiger partial charge < -0.3 is 18.8 Å². The highest BCUT2D eigenvalue weighted by Gasteiger charge is 2.40. The van der Waals surface area contributed by atoms with Crippen LogP contribution in [0.15, 0.2) is 72.8 Å². The molecule has 3 heterocycles. The number of halogens is 3. The summed E-state index contributed by atoms with van der Waals surface area (Å²) in [4.78, 5) is 13.5. The maximum atomic E-state index is 14.4. The van der Waals surface area contributed by atoms with Gasteiger partial charge in [0.15, 0.2) is 5.69 Å². The van der Waals surface area contributed by atoms with Crippen LogP contribution in [-0.2, 0) is 42.3 Å². The number of hydrogen-bond acceptors (Lipinski definition) is 5. The van der Waals surface area contributed by atoms with Crippen LogP contribution >= 0.6 is 0 Å². The van der Waals surface area contributed by atoms with Gasteiger partial charge in [0.1, 0.15) is 11.4 Å². The summed E-state index contributed by atoms with van der Waals surface area (Å²) in [6.07, 6.45) is -0.0349. The minimum Gasteiger partial charge on any atom is -0.493 e. The van der Waals surface area contributed by atoms with Crippen molar-refractivity contribution in [3.63, 3.8) is 0 Å². The van der Waals surface area contributed by atoms with Crippen LogP contribution in [0, 0.1) is 0 Å². The van der Waals surface area contributed by atoms with Gasteiger partial charge in [-0.1, -0.05) is 66.7 Å². The van der Waals surface area contributed by atoms with Gasteiger partial charge in [0.25, 0.3) is 0 Å². The molecule has 0 atom stereocenters. The number of aryl methyl sites for hydroxylation is 2. The van der Waals surface area contributed by atoms with Crippen LogP contribution in [0.4, 0.5) is 13.2 Å². The molecule has 0 saturated carbocycles. The van der Waals surface area contributed by atoms with E-state index < -0.39 is 17.8 Å². The predicted octanol–water partition coefficient (Wildman–Crippen LogP) is 7.49. The first-order valence-electron chi connectivity index (χ1n) is 14.6. The summed E-state index contributed by atoms with van der Waals surface area (Å²) in [5.41, 5.74) is 1.15. The fourth-order valence-electron chi connectivity index (χ4n) is 5.98. The van der Waals surface area contributed by atoms with Crippen molar-refractivity contribution in [3.05, 3.63) is 95.5 Å². The molecule has 3 aromatic carbocycles. The van der Waals surface area contributed by atoms with Gasteiger partial charge in [0, 0.05) is 35.5 Å². The third-order valence-electron chi connectivity index (χ3n) is 7.85. The Morgan fingerprint density at radius 1 is 1.02 bits per heavy atom. The number of hydrogen-bond donors (Lipinski definition) is 0.